The number of amidine groups is 1. The van der Waals surface area contributed by atoms with Crippen LogP contribution in [-0.4, -0.2) is 45.2 Å². The van der Waals surface area contributed by atoms with Gasteiger partial charge in [-0.05, 0) is 24.3 Å². The molecule has 0 bridgehead atoms. The van der Waals surface area contributed by atoms with Crippen LogP contribution in [0.3, 0.4) is 0 Å². The zero-order valence-electron chi connectivity index (χ0n) is 15.1. The van der Waals surface area contributed by atoms with Gasteiger partial charge in [-0.2, -0.15) is 0 Å². The van der Waals surface area contributed by atoms with Gasteiger partial charge in [0.1, 0.15) is 5.84 Å². The summed E-state index contributed by atoms with van der Waals surface area (Å²) in [6.45, 7) is -0.640. The molecule has 1 aliphatic rings. The fraction of sp³-hybridized carbons (Fsp3) is 0.158. The number of rotatable bonds is 6. The first-order valence-electron chi connectivity index (χ1n) is 8.58. The van der Waals surface area contributed by atoms with E-state index in [1.165, 1.54) is 6.07 Å². The molecular formula is C19H17N3O6S. The van der Waals surface area contributed by atoms with Gasteiger partial charge in [-0.1, -0.05) is 30.3 Å². The first-order chi connectivity index (χ1) is 13.9. The molecule has 1 heterocycles. The summed E-state index contributed by atoms with van der Waals surface area (Å²) in [6.07, 6.45) is -0.159. The molecule has 0 aromatic heterocycles. The SMILES string of the molecule is O=C(COC(=O)CCN=C1NS(=O)(=O)c2ccccc21)NC(=O)c1ccccc1. The van der Waals surface area contributed by atoms with Crippen molar-refractivity contribution in [2.45, 2.75) is 11.3 Å². The van der Waals surface area contributed by atoms with Crippen LogP contribution in [0.15, 0.2) is 64.5 Å². The number of aliphatic imine (C=N–C) groups is 1. The molecule has 2 aromatic rings. The maximum atomic E-state index is 12.0. The second-order valence-electron chi connectivity index (χ2n) is 5.99. The highest BCUT2D eigenvalue weighted by molar-refractivity contribution is 7.90. The smallest absolute Gasteiger partial charge is 0.308 e. The molecule has 9 nitrogen and oxygen atoms in total. The Morgan fingerprint density at radius 1 is 1.00 bits per heavy atom. The average molecular weight is 415 g/mol. The Kier molecular flexibility index (Phi) is 6.03. The molecule has 0 atom stereocenters. The van der Waals surface area contributed by atoms with E-state index in [9.17, 15) is 22.8 Å². The summed E-state index contributed by atoms with van der Waals surface area (Å²) in [6, 6.07) is 14.5. The van der Waals surface area contributed by atoms with Crippen molar-refractivity contribution < 1.29 is 27.5 Å². The third kappa shape index (κ3) is 5.05. The van der Waals surface area contributed by atoms with E-state index >= 15 is 0 Å². The van der Waals surface area contributed by atoms with Crippen LogP contribution in [0.4, 0.5) is 0 Å². The van der Waals surface area contributed by atoms with Crippen LogP contribution >= 0.6 is 0 Å². The average Bonchev–Trinajstić information content (AvgIpc) is 2.97. The van der Waals surface area contributed by atoms with Gasteiger partial charge in [0.2, 0.25) is 0 Å². The van der Waals surface area contributed by atoms with Crippen LogP contribution in [0.2, 0.25) is 0 Å². The van der Waals surface area contributed by atoms with Gasteiger partial charge in [0.05, 0.1) is 17.9 Å². The van der Waals surface area contributed by atoms with Crippen LogP contribution in [-0.2, 0) is 24.3 Å². The summed E-state index contributed by atoms with van der Waals surface area (Å²) in [5, 5.41) is 2.11. The Morgan fingerprint density at radius 2 is 1.69 bits per heavy atom. The van der Waals surface area contributed by atoms with Crippen molar-refractivity contribution in [3.05, 3.63) is 65.7 Å². The maximum absolute atomic E-state index is 12.0. The molecule has 0 fully saturated rings. The van der Waals surface area contributed by atoms with Crippen LogP contribution in [0, 0.1) is 0 Å². The van der Waals surface area contributed by atoms with Gasteiger partial charge in [-0.15, -0.1) is 0 Å². The highest BCUT2D eigenvalue weighted by atomic mass is 32.2. The Balaban J connectivity index is 1.46. The van der Waals surface area contributed by atoms with E-state index in [2.05, 4.69) is 15.0 Å². The topological polar surface area (TPSA) is 131 Å². The number of sulfonamides is 1. The Bertz CT molecular complexity index is 1080. The number of nitrogens with one attached hydrogen (secondary N) is 2. The molecule has 0 saturated carbocycles. The van der Waals surface area contributed by atoms with Crippen LogP contribution in [0.25, 0.3) is 0 Å². The molecule has 0 spiro atoms. The number of hydrogen-bond acceptors (Lipinski definition) is 7. The summed E-state index contributed by atoms with van der Waals surface area (Å²) >= 11 is 0. The predicted molar refractivity (Wildman–Crippen MR) is 103 cm³/mol. The quantitative estimate of drug-likeness (QED) is 0.665. The van der Waals surface area contributed by atoms with Gasteiger partial charge in [0.15, 0.2) is 6.61 Å². The maximum Gasteiger partial charge on any atom is 0.308 e. The standard InChI is InChI=1S/C19H17N3O6S/c23-16(21-19(25)13-6-2-1-3-7-13)12-28-17(24)10-11-20-18-14-8-4-5-9-15(14)29(26,27)22-18/h1-9H,10-12H2,(H,20,22)(H,21,23,25). The first kappa shape index (κ1) is 20.2. The van der Waals surface area contributed by atoms with Gasteiger partial charge in [0.25, 0.3) is 21.8 Å². The number of hydrogen-bond donors (Lipinski definition) is 2. The highest BCUT2D eigenvalue weighted by Gasteiger charge is 2.29. The van der Waals surface area contributed by atoms with Crippen LogP contribution in [0.5, 0.6) is 0 Å². The van der Waals surface area contributed by atoms with Crippen LogP contribution in [0.1, 0.15) is 22.3 Å². The van der Waals surface area contributed by atoms with Crippen molar-refractivity contribution in [2.75, 3.05) is 13.2 Å². The molecular weight excluding hydrogens is 398 g/mol. The van der Waals surface area contributed by atoms with Crippen molar-refractivity contribution in [1.29, 1.82) is 0 Å². The van der Waals surface area contributed by atoms with E-state index in [-0.39, 0.29) is 23.7 Å². The van der Waals surface area contributed by atoms with Crippen molar-refractivity contribution in [2.24, 2.45) is 4.99 Å². The van der Waals surface area contributed by atoms with Gasteiger partial charge >= 0.3 is 5.97 Å². The van der Waals surface area contributed by atoms with Crippen molar-refractivity contribution in [1.82, 2.24) is 10.0 Å². The molecule has 10 heteroatoms. The van der Waals surface area contributed by atoms with Crippen molar-refractivity contribution >= 4 is 33.6 Å². The minimum absolute atomic E-state index is 0.0322. The second kappa shape index (κ2) is 8.65. The number of esters is 1. The minimum atomic E-state index is -3.64. The normalized spacial score (nSPS) is 15.2. The fourth-order valence-electron chi connectivity index (χ4n) is 2.55. The number of carbonyl (C=O) groups is 3. The number of amides is 2. The van der Waals surface area contributed by atoms with Gasteiger partial charge in [0, 0.05) is 11.1 Å². The second-order valence-corrected chi connectivity index (χ2v) is 7.64. The predicted octanol–water partition coefficient (Wildman–Crippen LogP) is 0.615. The lowest BCUT2D eigenvalue weighted by atomic mass is 10.2. The van der Waals surface area contributed by atoms with E-state index in [4.69, 9.17) is 4.74 Å². The Hall–Kier alpha value is -3.53. The lowest BCUT2D eigenvalue weighted by Crippen LogP contribution is -2.34. The molecule has 2 N–H and O–H groups in total. The molecule has 0 unspecified atom stereocenters. The Morgan fingerprint density at radius 3 is 2.45 bits per heavy atom. The van der Waals surface area contributed by atoms with E-state index in [0.29, 0.717) is 11.1 Å². The van der Waals surface area contributed by atoms with Crippen molar-refractivity contribution in [3.8, 4) is 0 Å². The summed E-state index contributed by atoms with van der Waals surface area (Å²) in [5.41, 5.74) is 0.738. The molecule has 29 heavy (non-hydrogen) atoms. The summed E-state index contributed by atoms with van der Waals surface area (Å²) in [5.74, 6) is -1.90. The summed E-state index contributed by atoms with van der Waals surface area (Å²) in [4.78, 5) is 39.5. The molecule has 3 rings (SSSR count). The molecule has 2 aromatic carbocycles. The summed E-state index contributed by atoms with van der Waals surface area (Å²) < 4.78 is 31.1. The van der Waals surface area contributed by atoms with Gasteiger partial charge in [-0.25, -0.2) is 8.42 Å². The molecule has 0 aliphatic carbocycles. The molecule has 150 valence electrons. The Labute approximate surface area is 166 Å². The number of imide groups is 1. The number of benzene rings is 2. The first-order valence-corrected chi connectivity index (χ1v) is 10.1. The molecule has 2 amide bonds. The van der Waals surface area contributed by atoms with Gasteiger partial charge in [-0.3, -0.25) is 29.4 Å². The van der Waals surface area contributed by atoms with E-state index < -0.39 is 34.4 Å². The monoisotopic (exact) mass is 415 g/mol. The summed E-state index contributed by atoms with van der Waals surface area (Å²) in [7, 11) is -3.64. The lowest BCUT2D eigenvalue weighted by Gasteiger charge is -2.05. The zero-order valence-corrected chi connectivity index (χ0v) is 15.9. The number of nitrogens with zero attached hydrogens (tertiary/aromatic N) is 1. The number of fused-ring (bicyclic) bond motifs is 1. The molecule has 0 saturated heterocycles. The lowest BCUT2D eigenvalue weighted by molar-refractivity contribution is -0.148. The zero-order chi connectivity index (χ0) is 20.9. The molecule has 0 radical (unpaired) electrons. The van der Waals surface area contributed by atoms with Gasteiger partial charge < -0.3 is 4.74 Å². The highest BCUT2D eigenvalue weighted by Crippen LogP contribution is 2.22. The third-order valence-corrected chi connectivity index (χ3v) is 5.30. The van der Waals surface area contributed by atoms with Crippen molar-refractivity contribution in [3.63, 3.8) is 0 Å². The largest absolute Gasteiger partial charge is 0.456 e. The van der Waals surface area contributed by atoms with E-state index in [1.807, 2.05) is 0 Å². The van der Waals surface area contributed by atoms with Crippen LogP contribution < -0.4 is 10.0 Å². The number of carbonyl (C=O) groups excluding carboxylic acids is 3. The molecule has 1 aliphatic heterocycles. The fourth-order valence-corrected chi connectivity index (χ4v) is 3.80. The number of ether oxygens (including phenoxy) is 1. The minimum Gasteiger partial charge on any atom is -0.456 e. The third-order valence-electron chi connectivity index (χ3n) is 3.90. The van der Waals surface area contributed by atoms with E-state index in [0.717, 1.165) is 0 Å². The van der Waals surface area contributed by atoms with E-state index in [1.54, 1.807) is 48.5 Å².